The van der Waals surface area contributed by atoms with Gasteiger partial charge in [0, 0.05) is 11.7 Å². The SMILES string of the molecule is CC(Nc1ccccc1C(=O)O)c1ccccc1. The van der Waals surface area contributed by atoms with Crippen molar-refractivity contribution in [3.8, 4) is 0 Å². The predicted octanol–water partition coefficient (Wildman–Crippen LogP) is 3.56. The molecule has 0 saturated carbocycles. The first kappa shape index (κ1) is 12.2. The molecule has 2 aromatic carbocycles. The lowest BCUT2D eigenvalue weighted by Crippen LogP contribution is -2.10. The molecule has 0 saturated heterocycles. The van der Waals surface area contributed by atoms with E-state index in [2.05, 4.69) is 5.32 Å². The Morgan fingerprint density at radius 1 is 1.06 bits per heavy atom. The van der Waals surface area contributed by atoms with Crippen LogP contribution in [0.25, 0.3) is 0 Å². The Hall–Kier alpha value is -2.29. The van der Waals surface area contributed by atoms with E-state index in [1.807, 2.05) is 43.3 Å². The highest BCUT2D eigenvalue weighted by atomic mass is 16.4. The molecule has 0 radical (unpaired) electrons. The molecule has 92 valence electrons. The van der Waals surface area contributed by atoms with Crippen LogP contribution >= 0.6 is 0 Å². The molecule has 0 aliphatic carbocycles. The smallest absolute Gasteiger partial charge is 0.337 e. The molecular formula is C15H15NO2. The van der Waals surface area contributed by atoms with Gasteiger partial charge < -0.3 is 10.4 Å². The van der Waals surface area contributed by atoms with Crippen molar-refractivity contribution in [2.75, 3.05) is 5.32 Å². The monoisotopic (exact) mass is 241 g/mol. The van der Waals surface area contributed by atoms with Crippen LogP contribution in [0.15, 0.2) is 54.6 Å². The highest BCUT2D eigenvalue weighted by Gasteiger charge is 2.11. The predicted molar refractivity (Wildman–Crippen MR) is 71.9 cm³/mol. The third-order valence-electron chi connectivity index (χ3n) is 2.83. The third-order valence-corrected chi connectivity index (χ3v) is 2.83. The van der Waals surface area contributed by atoms with E-state index in [4.69, 9.17) is 5.11 Å². The molecule has 0 spiro atoms. The molecule has 2 N–H and O–H groups in total. The van der Waals surface area contributed by atoms with Crippen molar-refractivity contribution in [3.05, 3.63) is 65.7 Å². The Morgan fingerprint density at radius 2 is 1.67 bits per heavy atom. The van der Waals surface area contributed by atoms with Gasteiger partial charge in [0.25, 0.3) is 0 Å². The average molecular weight is 241 g/mol. The van der Waals surface area contributed by atoms with Crippen molar-refractivity contribution in [2.45, 2.75) is 13.0 Å². The molecule has 1 unspecified atom stereocenters. The number of para-hydroxylation sites is 1. The van der Waals surface area contributed by atoms with Gasteiger partial charge in [-0.3, -0.25) is 0 Å². The van der Waals surface area contributed by atoms with Gasteiger partial charge in [-0.25, -0.2) is 4.79 Å². The van der Waals surface area contributed by atoms with Crippen LogP contribution in [0.3, 0.4) is 0 Å². The van der Waals surface area contributed by atoms with Gasteiger partial charge in [0.2, 0.25) is 0 Å². The number of nitrogens with one attached hydrogen (secondary N) is 1. The summed E-state index contributed by atoms with van der Waals surface area (Å²) < 4.78 is 0. The minimum Gasteiger partial charge on any atom is -0.478 e. The second-order valence-electron chi connectivity index (χ2n) is 4.13. The molecule has 0 aliphatic heterocycles. The summed E-state index contributed by atoms with van der Waals surface area (Å²) in [5.74, 6) is -0.918. The fourth-order valence-corrected chi connectivity index (χ4v) is 1.85. The Morgan fingerprint density at radius 3 is 2.33 bits per heavy atom. The van der Waals surface area contributed by atoms with Gasteiger partial charge >= 0.3 is 5.97 Å². The van der Waals surface area contributed by atoms with Gasteiger partial charge in [-0.1, -0.05) is 42.5 Å². The minimum absolute atomic E-state index is 0.0618. The fourth-order valence-electron chi connectivity index (χ4n) is 1.85. The van der Waals surface area contributed by atoms with Gasteiger partial charge in [0.1, 0.15) is 0 Å². The maximum Gasteiger partial charge on any atom is 0.337 e. The lowest BCUT2D eigenvalue weighted by molar-refractivity contribution is 0.0698. The van der Waals surface area contributed by atoms with Crippen LogP contribution in [-0.4, -0.2) is 11.1 Å². The van der Waals surface area contributed by atoms with Gasteiger partial charge in [0.15, 0.2) is 0 Å². The number of carboxylic acid groups (broad SMARTS) is 1. The van der Waals surface area contributed by atoms with Gasteiger partial charge in [-0.2, -0.15) is 0 Å². The molecule has 1 atom stereocenters. The number of carboxylic acids is 1. The summed E-state index contributed by atoms with van der Waals surface area (Å²) in [6.45, 7) is 2.01. The molecule has 18 heavy (non-hydrogen) atoms. The second kappa shape index (κ2) is 5.36. The molecule has 0 fully saturated rings. The topological polar surface area (TPSA) is 49.3 Å². The largest absolute Gasteiger partial charge is 0.478 e. The number of benzene rings is 2. The van der Waals surface area contributed by atoms with E-state index in [0.717, 1.165) is 5.56 Å². The van der Waals surface area contributed by atoms with E-state index in [-0.39, 0.29) is 6.04 Å². The van der Waals surface area contributed by atoms with E-state index in [1.54, 1.807) is 18.2 Å². The van der Waals surface area contributed by atoms with Crippen molar-refractivity contribution in [1.82, 2.24) is 0 Å². The fraction of sp³-hybridized carbons (Fsp3) is 0.133. The molecule has 2 aromatic rings. The zero-order chi connectivity index (χ0) is 13.0. The number of hydrogen-bond acceptors (Lipinski definition) is 2. The summed E-state index contributed by atoms with van der Waals surface area (Å²) in [5.41, 5.74) is 2.05. The number of aromatic carboxylic acids is 1. The normalized spacial score (nSPS) is 11.8. The summed E-state index contributed by atoms with van der Waals surface area (Å²) in [5, 5.41) is 12.3. The molecule has 0 aliphatic rings. The summed E-state index contributed by atoms with van der Waals surface area (Å²) in [7, 11) is 0. The summed E-state index contributed by atoms with van der Waals surface area (Å²) in [6.07, 6.45) is 0. The Bertz CT molecular complexity index is 537. The van der Waals surface area contributed by atoms with Crippen LogP contribution in [-0.2, 0) is 0 Å². The highest BCUT2D eigenvalue weighted by Crippen LogP contribution is 2.22. The Kier molecular flexibility index (Phi) is 3.63. The van der Waals surface area contributed by atoms with Crippen molar-refractivity contribution >= 4 is 11.7 Å². The van der Waals surface area contributed by atoms with Crippen LogP contribution in [0.5, 0.6) is 0 Å². The van der Waals surface area contributed by atoms with Crippen LogP contribution in [0.1, 0.15) is 28.9 Å². The quantitative estimate of drug-likeness (QED) is 0.860. The van der Waals surface area contributed by atoms with E-state index >= 15 is 0 Å². The van der Waals surface area contributed by atoms with Gasteiger partial charge in [0.05, 0.1) is 5.56 Å². The second-order valence-corrected chi connectivity index (χ2v) is 4.13. The van der Waals surface area contributed by atoms with Gasteiger partial charge in [-0.05, 0) is 24.6 Å². The first-order valence-electron chi connectivity index (χ1n) is 5.82. The molecule has 3 nitrogen and oxygen atoms in total. The maximum atomic E-state index is 11.1. The van der Waals surface area contributed by atoms with Crippen molar-refractivity contribution in [2.24, 2.45) is 0 Å². The van der Waals surface area contributed by atoms with E-state index in [0.29, 0.717) is 11.3 Å². The average Bonchev–Trinajstić information content (AvgIpc) is 2.40. The Labute approximate surface area is 106 Å². The van der Waals surface area contributed by atoms with E-state index in [9.17, 15) is 4.79 Å². The molecule has 2 rings (SSSR count). The molecule has 0 heterocycles. The number of carbonyl (C=O) groups is 1. The molecule has 0 bridgehead atoms. The lowest BCUT2D eigenvalue weighted by atomic mass is 10.1. The van der Waals surface area contributed by atoms with Gasteiger partial charge in [-0.15, -0.1) is 0 Å². The third kappa shape index (κ3) is 2.69. The molecule has 0 amide bonds. The number of anilines is 1. The van der Waals surface area contributed by atoms with Crippen LogP contribution in [0, 0.1) is 0 Å². The summed E-state index contributed by atoms with van der Waals surface area (Å²) in [4.78, 5) is 11.1. The summed E-state index contributed by atoms with van der Waals surface area (Å²) >= 11 is 0. The highest BCUT2D eigenvalue weighted by molar-refractivity contribution is 5.94. The number of hydrogen-bond donors (Lipinski definition) is 2. The van der Waals surface area contributed by atoms with Crippen molar-refractivity contribution in [3.63, 3.8) is 0 Å². The van der Waals surface area contributed by atoms with Crippen LogP contribution < -0.4 is 5.32 Å². The number of rotatable bonds is 4. The molecule has 0 aromatic heterocycles. The standard InChI is InChI=1S/C15H15NO2/c1-11(12-7-3-2-4-8-12)16-14-10-6-5-9-13(14)15(17)18/h2-11,16H,1H3,(H,17,18). The van der Waals surface area contributed by atoms with Crippen LogP contribution in [0.4, 0.5) is 5.69 Å². The lowest BCUT2D eigenvalue weighted by Gasteiger charge is -2.17. The zero-order valence-corrected chi connectivity index (χ0v) is 10.1. The van der Waals surface area contributed by atoms with Crippen molar-refractivity contribution < 1.29 is 9.90 Å². The van der Waals surface area contributed by atoms with Crippen LogP contribution in [0.2, 0.25) is 0 Å². The van der Waals surface area contributed by atoms with E-state index in [1.165, 1.54) is 0 Å². The van der Waals surface area contributed by atoms with Crippen molar-refractivity contribution in [1.29, 1.82) is 0 Å². The molecular weight excluding hydrogens is 226 g/mol. The first-order chi connectivity index (χ1) is 8.68. The maximum absolute atomic E-state index is 11.1. The molecule has 3 heteroatoms. The minimum atomic E-state index is -0.918. The Balaban J connectivity index is 2.22. The van der Waals surface area contributed by atoms with E-state index < -0.39 is 5.97 Å². The zero-order valence-electron chi connectivity index (χ0n) is 10.1. The summed E-state index contributed by atoms with van der Waals surface area (Å²) in [6, 6.07) is 16.9. The first-order valence-corrected chi connectivity index (χ1v) is 5.82.